The molecule has 1 fully saturated rings. The number of amides is 1. The summed E-state index contributed by atoms with van der Waals surface area (Å²) >= 11 is 0. The van der Waals surface area contributed by atoms with Gasteiger partial charge in [-0.2, -0.15) is 0 Å². The Kier molecular flexibility index (Phi) is 6.45. The van der Waals surface area contributed by atoms with Gasteiger partial charge in [0.1, 0.15) is 0 Å². The lowest BCUT2D eigenvalue weighted by Gasteiger charge is -2.30. The lowest BCUT2D eigenvalue weighted by Crippen LogP contribution is -2.44. The van der Waals surface area contributed by atoms with Gasteiger partial charge < -0.3 is 5.32 Å². The van der Waals surface area contributed by atoms with Crippen molar-refractivity contribution in [2.45, 2.75) is 52.5 Å². The molecular formula is C14H28N2O3S. The topological polar surface area (TPSA) is 66.5 Å². The quantitative estimate of drug-likeness (QED) is 0.810. The molecule has 1 aliphatic rings. The van der Waals surface area contributed by atoms with E-state index in [-0.39, 0.29) is 17.9 Å². The van der Waals surface area contributed by atoms with Crippen LogP contribution >= 0.6 is 0 Å². The maximum absolute atomic E-state index is 12.1. The summed E-state index contributed by atoms with van der Waals surface area (Å²) in [6.07, 6.45) is 4.56. The van der Waals surface area contributed by atoms with Crippen LogP contribution in [0.1, 0.15) is 46.5 Å². The summed E-state index contributed by atoms with van der Waals surface area (Å²) in [5.74, 6) is 0.677. The van der Waals surface area contributed by atoms with Crippen molar-refractivity contribution < 1.29 is 13.2 Å². The molecular weight excluding hydrogens is 276 g/mol. The second-order valence-electron chi connectivity index (χ2n) is 6.32. The summed E-state index contributed by atoms with van der Waals surface area (Å²) in [7, 11) is -3.11. The zero-order valence-corrected chi connectivity index (χ0v) is 13.9. The molecule has 0 aromatic carbocycles. The van der Waals surface area contributed by atoms with Crippen molar-refractivity contribution in [1.29, 1.82) is 0 Å². The van der Waals surface area contributed by atoms with Gasteiger partial charge in [0, 0.05) is 25.0 Å². The molecule has 0 radical (unpaired) electrons. The van der Waals surface area contributed by atoms with Crippen LogP contribution in [0.3, 0.4) is 0 Å². The Morgan fingerprint density at radius 2 is 1.75 bits per heavy atom. The van der Waals surface area contributed by atoms with Crippen LogP contribution in [0.15, 0.2) is 0 Å². The number of nitrogens with zero attached hydrogens (tertiary/aromatic N) is 1. The molecule has 1 saturated heterocycles. The summed E-state index contributed by atoms with van der Waals surface area (Å²) in [4.78, 5) is 12.1. The van der Waals surface area contributed by atoms with Crippen molar-refractivity contribution in [2.75, 3.05) is 19.3 Å². The first-order chi connectivity index (χ1) is 9.20. The van der Waals surface area contributed by atoms with Gasteiger partial charge in [-0.1, -0.05) is 13.8 Å². The number of sulfonamides is 1. The lowest BCUT2D eigenvalue weighted by molar-refractivity contribution is -0.126. The van der Waals surface area contributed by atoms with E-state index < -0.39 is 10.0 Å². The van der Waals surface area contributed by atoms with E-state index in [0.29, 0.717) is 31.8 Å². The molecule has 1 unspecified atom stereocenters. The zero-order chi connectivity index (χ0) is 15.3. The van der Waals surface area contributed by atoms with Crippen LogP contribution in [0.2, 0.25) is 0 Å². The minimum atomic E-state index is -3.11. The van der Waals surface area contributed by atoms with Crippen LogP contribution in [-0.4, -0.2) is 44.0 Å². The summed E-state index contributed by atoms with van der Waals surface area (Å²) < 4.78 is 24.3. The van der Waals surface area contributed by atoms with Crippen molar-refractivity contribution in [3.05, 3.63) is 0 Å². The molecule has 1 aliphatic heterocycles. The van der Waals surface area contributed by atoms with Gasteiger partial charge in [-0.25, -0.2) is 12.7 Å². The van der Waals surface area contributed by atoms with Gasteiger partial charge in [0.05, 0.1) is 6.26 Å². The minimum Gasteiger partial charge on any atom is -0.353 e. The second kappa shape index (κ2) is 7.41. The Hall–Kier alpha value is -0.620. The van der Waals surface area contributed by atoms with Crippen molar-refractivity contribution in [3.8, 4) is 0 Å². The van der Waals surface area contributed by atoms with E-state index in [0.717, 1.165) is 12.8 Å². The first-order valence-electron chi connectivity index (χ1n) is 7.45. The van der Waals surface area contributed by atoms with Gasteiger partial charge in [0.2, 0.25) is 15.9 Å². The molecule has 1 N–H and O–H groups in total. The van der Waals surface area contributed by atoms with Crippen molar-refractivity contribution in [1.82, 2.24) is 9.62 Å². The molecule has 0 aliphatic carbocycles. The fraction of sp³-hybridized carbons (Fsp3) is 0.929. The maximum Gasteiger partial charge on any atom is 0.223 e. The van der Waals surface area contributed by atoms with Crippen LogP contribution in [0, 0.1) is 11.8 Å². The number of piperidine rings is 1. The molecule has 118 valence electrons. The van der Waals surface area contributed by atoms with Crippen molar-refractivity contribution in [2.24, 2.45) is 11.8 Å². The van der Waals surface area contributed by atoms with Crippen LogP contribution in [0.25, 0.3) is 0 Å². The van der Waals surface area contributed by atoms with Gasteiger partial charge >= 0.3 is 0 Å². The van der Waals surface area contributed by atoms with Gasteiger partial charge in [0.25, 0.3) is 0 Å². The SMILES string of the molecule is CC(C)CCC(C)NC(=O)C1CCN(S(C)(=O)=O)CC1. The first kappa shape index (κ1) is 17.4. The third-order valence-corrected chi connectivity index (χ3v) is 5.16. The Balaban J connectivity index is 2.36. The Bertz CT molecular complexity index is 412. The molecule has 0 aromatic heterocycles. The molecule has 1 amide bonds. The largest absolute Gasteiger partial charge is 0.353 e. The van der Waals surface area contributed by atoms with Crippen LogP contribution in [0.4, 0.5) is 0 Å². The fourth-order valence-electron chi connectivity index (χ4n) is 2.47. The van der Waals surface area contributed by atoms with E-state index in [1.165, 1.54) is 10.6 Å². The van der Waals surface area contributed by atoms with E-state index in [4.69, 9.17) is 0 Å². The number of carbonyl (C=O) groups excluding carboxylic acids is 1. The highest BCUT2D eigenvalue weighted by Gasteiger charge is 2.29. The lowest BCUT2D eigenvalue weighted by atomic mass is 9.96. The van der Waals surface area contributed by atoms with Gasteiger partial charge in [-0.05, 0) is 38.5 Å². The van der Waals surface area contributed by atoms with E-state index in [9.17, 15) is 13.2 Å². The van der Waals surface area contributed by atoms with Crippen LogP contribution in [0.5, 0.6) is 0 Å². The third kappa shape index (κ3) is 5.79. The predicted octanol–water partition coefficient (Wildman–Crippen LogP) is 1.60. The fourth-order valence-corrected chi connectivity index (χ4v) is 3.34. The highest BCUT2D eigenvalue weighted by molar-refractivity contribution is 7.88. The van der Waals surface area contributed by atoms with Gasteiger partial charge in [0.15, 0.2) is 0 Å². The molecule has 20 heavy (non-hydrogen) atoms. The minimum absolute atomic E-state index is 0.0468. The summed E-state index contributed by atoms with van der Waals surface area (Å²) in [5.41, 5.74) is 0. The number of hydrogen-bond donors (Lipinski definition) is 1. The zero-order valence-electron chi connectivity index (χ0n) is 13.1. The highest BCUT2D eigenvalue weighted by atomic mass is 32.2. The Labute approximate surface area is 123 Å². The predicted molar refractivity (Wildman–Crippen MR) is 80.8 cm³/mol. The molecule has 0 bridgehead atoms. The molecule has 1 heterocycles. The van der Waals surface area contributed by atoms with Crippen LogP contribution < -0.4 is 5.32 Å². The third-order valence-electron chi connectivity index (χ3n) is 3.86. The highest BCUT2D eigenvalue weighted by Crippen LogP contribution is 2.19. The summed E-state index contributed by atoms with van der Waals surface area (Å²) in [6.45, 7) is 7.30. The van der Waals surface area contributed by atoms with E-state index >= 15 is 0 Å². The number of carbonyl (C=O) groups is 1. The molecule has 1 rings (SSSR count). The van der Waals surface area contributed by atoms with Crippen LogP contribution in [-0.2, 0) is 14.8 Å². The number of hydrogen-bond acceptors (Lipinski definition) is 3. The van der Waals surface area contributed by atoms with E-state index in [2.05, 4.69) is 19.2 Å². The van der Waals surface area contributed by atoms with E-state index in [1.807, 2.05) is 6.92 Å². The normalized spacial score (nSPS) is 20.1. The molecule has 0 aromatic rings. The number of rotatable bonds is 6. The summed E-state index contributed by atoms with van der Waals surface area (Å²) in [6, 6.07) is 0.192. The molecule has 6 heteroatoms. The molecule has 5 nitrogen and oxygen atoms in total. The van der Waals surface area contributed by atoms with Crippen molar-refractivity contribution >= 4 is 15.9 Å². The van der Waals surface area contributed by atoms with E-state index in [1.54, 1.807) is 0 Å². The molecule has 0 saturated carbocycles. The Morgan fingerprint density at radius 3 is 2.20 bits per heavy atom. The summed E-state index contributed by atoms with van der Waals surface area (Å²) in [5, 5.41) is 3.05. The standard InChI is InChI=1S/C14H28N2O3S/c1-11(2)5-6-12(3)15-14(17)13-7-9-16(10-8-13)20(4,18)19/h11-13H,5-10H2,1-4H3,(H,15,17). The molecule has 0 spiro atoms. The van der Waals surface area contributed by atoms with Gasteiger partial charge in [-0.15, -0.1) is 0 Å². The average Bonchev–Trinajstić information content (AvgIpc) is 2.35. The van der Waals surface area contributed by atoms with Crippen molar-refractivity contribution in [3.63, 3.8) is 0 Å². The van der Waals surface area contributed by atoms with Gasteiger partial charge in [-0.3, -0.25) is 4.79 Å². The number of nitrogens with one attached hydrogen (secondary N) is 1. The second-order valence-corrected chi connectivity index (χ2v) is 8.30. The Morgan fingerprint density at radius 1 is 1.20 bits per heavy atom. The smallest absolute Gasteiger partial charge is 0.223 e. The maximum atomic E-state index is 12.1. The monoisotopic (exact) mass is 304 g/mol. The average molecular weight is 304 g/mol. The molecule has 1 atom stereocenters. The first-order valence-corrected chi connectivity index (χ1v) is 9.30.